The second-order valence-corrected chi connectivity index (χ2v) is 6.00. The van der Waals surface area contributed by atoms with Gasteiger partial charge in [0.25, 0.3) is 0 Å². The molecule has 21 heavy (non-hydrogen) atoms. The molecule has 2 rings (SSSR count). The van der Waals surface area contributed by atoms with E-state index in [0.29, 0.717) is 18.1 Å². The first-order valence-electron chi connectivity index (χ1n) is 6.59. The number of carboxylic acid groups (broad SMARTS) is 1. The van der Waals surface area contributed by atoms with Crippen LogP contribution in [0.5, 0.6) is 0 Å². The van der Waals surface area contributed by atoms with Crippen molar-refractivity contribution in [2.24, 2.45) is 0 Å². The normalized spacial score (nSPS) is 19.3. The third kappa shape index (κ3) is 4.10. The molecule has 0 radical (unpaired) electrons. The maximum absolute atomic E-state index is 12.8. The molecule has 0 spiro atoms. The molecular weight excluding hydrogens is 295 g/mol. The summed E-state index contributed by atoms with van der Waals surface area (Å²) in [5.41, 5.74) is 0.912. The highest BCUT2D eigenvalue weighted by Crippen LogP contribution is 2.21. The van der Waals surface area contributed by atoms with Crippen molar-refractivity contribution in [3.63, 3.8) is 0 Å². The predicted molar refractivity (Wildman–Crippen MR) is 78.7 cm³/mol. The van der Waals surface area contributed by atoms with Crippen LogP contribution in [-0.4, -0.2) is 45.7 Å². The molecule has 2 amide bonds. The molecule has 1 aromatic carbocycles. The lowest BCUT2D eigenvalue weighted by Crippen LogP contribution is -2.49. The number of urea groups is 1. The van der Waals surface area contributed by atoms with Crippen LogP contribution in [0.2, 0.25) is 0 Å². The first kappa shape index (κ1) is 15.6. The van der Waals surface area contributed by atoms with Gasteiger partial charge in [0, 0.05) is 11.8 Å². The number of hydrogen-bond acceptors (Lipinski definition) is 3. The van der Waals surface area contributed by atoms with Crippen LogP contribution in [0.15, 0.2) is 24.3 Å². The minimum absolute atomic E-state index is 0.164. The Morgan fingerprint density at radius 2 is 2.14 bits per heavy atom. The quantitative estimate of drug-likeness (QED) is 0.891. The summed E-state index contributed by atoms with van der Waals surface area (Å²) in [7, 11) is 0. The van der Waals surface area contributed by atoms with Crippen LogP contribution in [0.1, 0.15) is 12.5 Å². The van der Waals surface area contributed by atoms with E-state index in [0.717, 1.165) is 5.56 Å². The second kappa shape index (κ2) is 6.80. The van der Waals surface area contributed by atoms with Crippen molar-refractivity contribution in [3.05, 3.63) is 35.6 Å². The third-order valence-electron chi connectivity index (χ3n) is 3.25. The summed E-state index contributed by atoms with van der Waals surface area (Å²) in [5.74, 6) is -0.489. The molecule has 1 fully saturated rings. The number of carbonyl (C=O) groups excluding carboxylic acids is 1. The Morgan fingerprint density at radius 1 is 1.48 bits per heavy atom. The molecule has 114 valence electrons. The third-order valence-corrected chi connectivity index (χ3v) is 4.27. The highest BCUT2D eigenvalue weighted by Gasteiger charge is 2.34. The Bertz CT molecular complexity index is 523. The van der Waals surface area contributed by atoms with E-state index in [9.17, 15) is 14.0 Å². The summed E-state index contributed by atoms with van der Waals surface area (Å²) in [6.07, 6.45) is 0.560. The van der Waals surface area contributed by atoms with Crippen molar-refractivity contribution >= 4 is 23.8 Å². The van der Waals surface area contributed by atoms with Crippen LogP contribution in [0.4, 0.5) is 9.18 Å². The number of amides is 2. The van der Waals surface area contributed by atoms with Crippen LogP contribution in [0, 0.1) is 5.82 Å². The van der Waals surface area contributed by atoms with Crippen molar-refractivity contribution in [1.29, 1.82) is 0 Å². The number of nitrogens with one attached hydrogen (secondary N) is 1. The van der Waals surface area contributed by atoms with E-state index in [4.69, 9.17) is 5.11 Å². The SMILES string of the molecule is CC(Cc1ccc(F)cc1)NC(=O)N1CSC[C@H]1C(=O)O. The molecule has 1 heterocycles. The number of halogens is 1. The van der Waals surface area contributed by atoms with E-state index < -0.39 is 12.0 Å². The Morgan fingerprint density at radius 3 is 2.76 bits per heavy atom. The molecule has 1 unspecified atom stereocenters. The van der Waals surface area contributed by atoms with E-state index in [1.165, 1.54) is 28.8 Å². The molecule has 1 aliphatic rings. The molecule has 0 aromatic heterocycles. The minimum Gasteiger partial charge on any atom is -0.480 e. The number of thioether (sulfide) groups is 1. The van der Waals surface area contributed by atoms with Crippen molar-refractivity contribution in [3.8, 4) is 0 Å². The Balaban J connectivity index is 1.90. The van der Waals surface area contributed by atoms with E-state index in [-0.39, 0.29) is 17.9 Å². The standard InChI is InChI=1S/C14H17FN2O3S/c1-9(6-10-2-4-11(15)5-3-10)16-14(20)17-8-21-7-12(17)13(18)19/h2-5,9,12H,6-8H2,1H3,(H,16,20)(H,18,19)/t9?,12-/m0/s1. The summed E-state index contributed by atoms with van der Waals surface area (Å²) in [4.78, 5) is 24.5. The molecule has 1 aromatic rings. The van der Waals surface area contributed by atoms with Gasteiger partial charge in [0.05, 0.1) is 5.88 Å². The number of nitrogens with zero attached hydrogens (tertiary/aromatic N) is 1. The first-order valence-corrected chi connectivity index (χ1v) is 7.75. The minimum atomic E-state index is -0.985. The fourth-order valence-electron chi connectivity index (χ4n) is 2.17. The maximum atomic E-state index is 12.8. The van der Waals surface area contributed by atoms with Crippen molar-refractivity contribution < 1.29 is 19.1 Å². The van der Waals surface area contributed by atoms with Crippen molar-refractivity contribution in [2.75, 3.05) is 11.6 Å². The summed E-state index contributed by atoms with van der Waals surface area (Å²) >= 11 is 1.42. The van der Waals surface area contributed by atoms with Gasteiger partial charge in [0.1, 0.15) is 11.9 Å². The fraction of sp³-hybridized carbons (Fsp3) is 0.429. The Kier molecular flexibility index (Phi) is 5.06. The molecule has 7 heteroatoms. The van der Waals surface area contributed by atoms with Gasteiger partial charge >= 0.3 is 12.0 Å². The van der Waals surface area contributed by atoms with Gasteiger partial charge in [-0.3, -0.25) is 0 Å². The molecular formula is C14H17FN2O3S. The molecule has 5 nitrogen and oxygen atoms in total. The van der Waals surface area contributed by atoms with Crippen LogP contribution in [-0.2, 0) is 11.2 Å². The van der Waals surface area contributed by atoms with Crippen LogP contribution < -0.4 is 5.32 Å². The first-order chi connectivity index (χ1) is 9.97. The van der Waals surface area contributed by atoms with Gasteiger partial charge in [-0.1, -0.05) is 12.1 Å². The molecule has 0 aliphatic carbocycles. The van der Waals surface area contributed by atoms with Crippen LogP contribution >= 0.6 is 11.8 Å². The lowest BCUT2D eigenvalue weighted by atomic mass is 10.1. The largest absolute Gasteiger partial charge is 0.480 e. The topological polar surface area (TPSA) is 69.6 Å². The lowest BCUT2D eigenvalue weighted by Gasteiger charge is -2.23. The molecule has 2 N–H and O–H groups in total. The van der Waals surface area contributed by atoms with Crippen LogP contribution in [0.3, 0.4) is 0 Å². The number of carboxylic acids is 1. The molecule has 0 saturated carbocycles. The fourth-order valence-corrected chi connectivity index (χ4v) is 3.31. The summed E-state index contributed by atoms with van der Waals surface area (Å²) < 4.78 is 12.8. The molecule has 1 saturated heterocycles. The van der Waals surface area contributed by atoms with E-state index >= 15 is 0 Å². The smallest absolute Gasteiger partial charge is 0.327 e. The monoisotopic (exact) mass is 312 g/mol. The van der Waals surface area contributed by atoms with E-state index in [1.54, 1.807) is 12.1 Å². The number of benzene rings is 1. The zero-order valence-corrected chi connectivity index (χ0v) is 12.4. The zero-order chi connectivity index (χ0) is 15.4. The molecule has 1 aliphatic heterocycles. The summed E-state index contributed by atoms with van der Waals surface area (Å²) in [6.45, 7) is 1.83. The van der Waals surface area contributed by atoms with Crippen molar-refractivity contribution in [1.82, 2.24) is 10.2 Å². The predicted octanol–water partition coefficient (Wildman–Crippen LogP) is 1.93. The summed E-state index contributed by atoms with van der Waals surface area (Å²) in [5, 5.41) is 11.8. The summed E-state index contributed by atoms with van der Waals surface area (Å²) in [6, 6.07) is 4.79. The van der Waals surface area contributed by atoms with E-state index in [2.05, 4.69) is 5.32 Å². The average molecular weight is 312 g/mol. The van der Waals surface area contributed by atoms with Gasteiger partial charge in [-0.05, 0) is 31.0 Å². The van der Waals surface area contributed by atoms with Gasteiger partial charge in [0.15, 0.2) is 0 Å². The lowest BCUT2D eigenvalue weighted by molar-refractivity contribution is -0.140. The second-order valence-electron chi connectivity index (χ2n) is 5.00. The van der Waals surface area contributed by atoms with Gasteiger partial charge in [-0.25, -0.2) is 14.0 Å². The maximum Gasteiger partial charge on any atom is 0.327 e. The van der Waals surface area contributed by atoms with Crippen LogP contribution in [0.25, 0.3) is 0 Å². The molecule has 2 atom stereocenters. The molecule has 0 bridgehead atoms. The van der Waals surface area contributed by atoms with Gasteiger partial charge in [-0.15, -0.1) is 11.8 Å². The average Bonchev–Trinajstić information content (AvgIpc) is 2.91. The van der Waals surface area contributed by atoms with Crippen molar-refractivity contribution in [2.45, 2.75) is 25.4 Å². The number of aliphatic carboxylic acids is 1. The highest BCUT2D eigenvalue weighted by molar-refractivity contribution is 7.99. The number of rotatable bonds is 4. The van der Waals surface area contributed by atoms with Gasteiger partial charge in [-0.2, -0.15) is 0 Å². The zero-order valence-electron chi connectivity index (χ0n) is 11.6. The van der Waals surface area contributed by atoms with Gasteiger partial charge in [0.2, 0.25) is 0 Å². The number of hydrogen-bond donors (Lipinski definition) is 2. The Labute approximate surface area is 126 Å². The van der Waals surface area contributed by atoms with E-state index in [1.807, 2.05) is 6.92 Å². The van der Waals surface area contributed by atoms with Gasteiger partial charge < -0.3 is 15.3 Å². The Hall–Kier alpha value is -1.76. The number of carbonyl (C=O) groups is 2. The highest BCUT2D eigenvalue weighted by atomic mass is 32.2.